The van der Waals surface area contributed by atoms with E-state index in [0.717, 1.165) is 6.92 Å². The molecule has 5 N–H and O–H groups in total. The molecule has 136 valence electrons. The summed E-state index contributed by atoms with van der Waals surface area (Å²) < 4.78 is 4.77. The van der Waals surface area contributed by atoms with Crippen LogP contribution in [0.5, 0.6) is 0 Å². The van der Waals surface area contributed by atoms with Gasteiger partial charge in [-0.25, -0.2) is 9.59 Å². The molecule has 0 aliphatic heterocycles. The van der Waals surface area contributed by atoms with Crippen molar-refractivity contribution in [3.05, 3.63) is 0 Å². The SMILES string of the molecule is CCOC(=O)C(C=O)(CC)NC(=O)CC[C@@](N)(NC(C)=O)C(=O)O. The Balaban J connectivity index is 5.03. The molecule has 0 fully saturated rings. The maximum Gasteiger partial charge on any atom is 0.344 e. The average molecular weight is 345 g/mol. The molecule has 2 atom stereocenters. The van der Waals surface area contributed by atoms with Crippen LogP contribution >= 0.6 is 0 Å². The van der Waals surface area contributed by atoms with E-state index in [4.69, 9.17) is 15.6 Å². The number of amides is 2. The molecule has 10 nitrogen and oxygen atoms in total. The summed E-state index contributed by atoms with van der Waals surface area (Å²) in [5, 5.41) is 13.4. The smallest absolute Gasteiger partial charge is 0.344 e. The molecule has 0 aliphatic rings. The van der Waals surface area contributed by atoms with Gasteiger partial charge in [0.25, 0.3) is 0 Å². The molecule has 0 aromatic carbocycles. The largest absolute Gasteiger partial charge is 0.478 e. The number of aldehydes is 1. The quantitative estimate of drug-likeness (QED) is 0.164. The first-order valence-corrected chi connectivity index (χ1v) is 7.32. The van der Waals surface area contributed by atoms with Gasteiger partial charge in [0.1, 0.15) is 0 Å². The maximum atomic E-state index is 12.0. The standard InChI is InChI=1S/C14H23N3O7/c1-4-13(8-18,12(23)24-5-2)17-10(20)6-7-14(15,11(21)22)16-9(3)19/h8H,4-7,15H2,1-3H3,(H,16,19)(H,17,20)(H,21,22)/t13?,14-/m1/s1. The van der Waals surface area contributed by atoms with Crippen LogP contribution in [0.25, 0.3) is 0 Å². The second-order valence-electron chi connectivity index (χ2n) is 5.17. The Morgan fingerprint density at radius 2 is 1.79 bits per heavy atom. The molecule has 0 spiro atoms. The summed E-state index contributed by atoms with van der Waals surface area (Å²) in [4.78, 5) is 57.3. The molecule has 0 heterocycles. The van der Waals surface area contributed by atoms with E-state index >= 15 is 0 Å². The van der Waals surface area contributed by atoms with Crippen LogP contribution in [0.15, 0.2) is 0 Å². The average Bonchev–Trinajstić information content (AvgIpc) is 2.50. The molecular formula is C14H23N3O7. The molecule has 0 aromatic heterocycles. The van der Waals surface area contributed by atoms with Crippen molar-refractivity contribution in [2.24, 2.45) is 5.73 Å². The van der Waals surface area contributed by atoms with Gasteiger partial charge < -0.3 is 25.3 Å². The molecule has 1 unspecified atom stereocenters. The van der Waals surface area contributed by atoms with Crippen molar-refractivity contribution in [2.45, 2.75) is 51.2 Å². The van der Waals surface area contributed by atoms with E-state index in [9.17, 15) is 24.0 Å². The lowest BCUT2D eigenvalue weighted by Crippen LogP contribution is -2.62. The molecule has 0 aliphatic carbocycles. The van der Waals surface area contributed by atoms with E-state index in [0.29, 0.717) is 0 Å². The number of aliphatic carboxylic acids is 1. The van der Waals surface area contributed by atoms with Crippen molar-refractivity contribution in [1.29, 1.82) is 0 Å². The minimum Gasteiger partial charge on any atom is -0.478 e. The van der Waals surface area contributed by atoms with Gasteiger partial charge in [-0.3, -0.25) is 15.3 Å². The van der Waals surface area contributed by atoms with Crippen LogP contribution < -0.4 is 16.4 Å². The maximum absolute atomic E-state index is 12.0. The lowest BCUT2D eigenvalue weighted by Gasteiger charge is -2.28. The number of carboxylic acid groups (broad SMARTS) is 1. The molecule has 0 bridgehead atoms. The van der Waals surface area contributed by atoms with Crippen LogP contribution in [-0.4, -0.2) is 53.0 Å². The van der Waals surface area contributed by atoms with Gasteiger partial charge in [0.05, 0.1) is 6.61 Å². The summed E-state index contributed by atoms with van der Waals surface area (Å²) >= 11 is 0. The molecule has 2 amide bonds. The highest BCUT2D eigenvalue weighted by molar-refractivity contribution is 6.02. The fraction of sp³-hybridized carbons (Fsp3) is 0.643. The summed E-state index contributed by atoms with van der Waals surface area (Å²) in [5.41, 5.74) is 1.57. The van der Waals surface area contributed by atoms with Gasteiger partial charge in [0.2, 0.25) is 11.8 Å². The Kier molecular flexibility index (Phi) is 8.03. The van der Waals surface area contributed by atoms with Crippen LogP contribution in [0.3, 0.4) is 0 Å². The van der Waals surface area contributed by atoms with Gasteiger partial charge in [-0.1, -0.05) is 6.92 Å². The third-order valence-electron chi connectivity index (χ3n) is 3.29. The summed E-state index contributed by atoms with van der Waals surface area (Å²) in [5.74, 6) is -3.89. The number of hydrogen-bond donors (Lipinski definition) is 4. The zero-order valence-corrected chi connectivity index (χ0v) is 13.9. The summed E-state index contributed by atoms with van der Waals surface area (Å²) in [6.07, 6.45) is -0.642. The summed E-state index contributed by atoms with van der Waals surface area (Å²) in [6, 6.07) is 0. The van der Waals surface area contributed by atoms with Crippen molar-refractivity contribution in [2.75, 3.05) is 6.61 Å². The Labute approximate surface area is 139 Å². The number of carbonyl (C=O) groups excluding carboxylic acids is 4. The molecular weight excluding hydrogens is 322 g/mol. The minimum atomic E-state index is -2.14. The molecule has 0 aromatic rings. The number of nitrogens with one attached hydrogen (secondary N) is 2. The van der Waals surface area contributed by atoms with E-state index in [1.165, 1.54) is 6.92 Å². The number of ether oxygens (including phenoxy) is 1. The molecule has 24 heavy (non-hydrogen) atoms. The van der Waals surface area contributed by atoms with Gasteiger partial charge in [0, 0.05) is 19.8 Å². The van der Waals surface area contributed by atoms with Crippen LogP contribution in [0.2, 0.25) is 0 Å². The highest BCUT2D eigenvalue weighted by atomic mass is 16.5. The minimum absolute atomic E-state index is 0.0255. The van der Waals surface area contributed by atoms with Crippen LogP contribution in [0.1, 0.15) is 40.0 Å². The predicted molar refractivity (Wildman–Crippen MR) is 81.5 cm³/mol. The molecule has 0 rings (SSSR count). The number of carboxylic acids is 1. The molecule has 0 saturated carbocycles. The Morgan fingerprint density at radius 1 is 1.21 bits per heavy atom. The van der Waals surface area contributed by atoms with Gasteiger partial charge in [-0.2, -0.15) is 0 Å². The molecule has 10 heteroatoms. The van der Waals surface area contributed by atoms with Crippen molar-refractivity contribution >= 4 is 30.0 Å². The van der Waals surface area contributed by atoms with Crippen molar-refractivity contribution in [3.63, 3.8) is 0 Å². The first-order chi connectivity index (χ1) is 11.1. The van der Waals surface area contributed by atoms with E-state index < -0.39 is 47.8 Å². The Hall–Kier alpha value is -2.49. The van der Waals surface area contributed by atoms with Crippen LogP contribution in [-0.2, 0) is 28.7 Å². The van der Waals surface area contributed by atoms with E-state index in [2.05, 4.69) is 5.32 Å². The summed E-state index contributed by atoms with van der Waals surface area (Å²) in [6.45, 7) is 4.17. The lowest BCUT2D eigenvalue weighted by atomic mass is 9.97. The predicted octanol–water partition coefficient (Wildman–Crippen LogP) is -1.33. The van der Waals surface area contributed by atoms with Gasteiger partial charge >= 0.3 is 11.9 Å². The highest BCUT2D eigenvalue weighted by Gasteiger charge is 2.41. The van der Waals surface area contributed by atoms with Crippen LogP contribution in [0, 0.1) is 0 Å². The van der Waals surface area contributed by atoms with Crippen molar-refractivity contribution in [3.8, 4) is 0 Å². The number of esters is 1. The first-order valence-electron chi connectivity index (χ1n) is 7.32. The fourth-order valence-electron chi connectivity index (χ4n) is 1.86. The van der Waals surface area contributed by atoms with Crippen molar-refractivity contribution in [1.82, 2.24) is 10.6 Å². The number of nitrogens with two attached hydrogens (primary N) is 1. The summed E-state index contributed by atoms with van der Waals surface area (Å²) in [7, 11) is 0. The third-order valence-corrected chi connectivity index (χ3v) is 3.29. The normalized spacial score (nSPS) is 15.3. The third kappa shape index (κ3) is 5.61. The fourth-order valence-corrected chi connectivity index (χ4v) is 1.86. The zero-order chi connectivity index (χ0) is 19.0. The Bertz CT molecular complexity index is 522. The number of carbonyl (C=O) groups is 5. The van der Waals surface area contributed by atoms with Crippen molar-refractivity contribution < 1.29 is 33.8 Å². The van der Waals surface area contributed by atoms with E-state index in [1.54, 1.807) is 6.92 Å². The lowest BCUT2D eigenvalue weighted by molar-refractivity contribution is -0.155. The molecule has 0 radical (unpaired) electrons. The van der Waals surface area contributed by atoms with E-state index in [-0.39, 0.29) is 19.3 Å². The van der Waals surface area contributed by atoms with Gasteiger partial charge in [0.15, 0.2) is 17.5 Å². The number of hydrogen-bond acceptors (Lipinski definition) is 7. The van der Waals surface area contributed by atoms with Gasteiger partial charge in [-0.05, 0) is 13.3 Å². The number of rotatable bonds is 10. The van der Waals surface area contributed by atoms with Gasteiger partial charge in [-0.15, -0.1) is 0 Å². The van der Waals surface area contributed by atoms with Crippen LogP contribution in [0.4, 0.5) is 0 Å². The second-order valence-corrected chi connectivity index (χ2v) is 5.17. The molecule has 0 saturated heterocycles. The monoisotopic (exact) mass is 345 g/mol. The topological polar surface area (TPSA) is 165 Å². The first kappa shape index (κ1) is 21.5. The highest BCUT2D eigenvalue weighted by Crippen LogP contribution is 2.13. The second kappa shape index (κ2) is 8.96. The Morgan fingerprint density at radius 3 is 2.17 bits per heavy atom. The van der Waals surface area contributed by atoms with E-state index in [1.807, 2.05) is 5.32 Å². The zero-order valence-electron chi connectivity index (χ0n) is 13.9.